The Balaban J connectivity index is 1.99. The Hall–Kier alpha value is -3.18. The summed E-state index contributed by atoms with van der Waals surface area (Å²) in [5, 5.41) is 0. The molecule has 0 N–H and O–H groups in total. The van der Waals surface area contributed by atoms with Gasteiger partial charge in [-0.1, -0.05) is 56.5 Å². The molecule has 2 rings (SSSR count). The minimum absolute atomic E-state index is 0.282. The maximum atomic E-state index is 11.8. The van der Waals surface area contributed by atoms with Gasteiger partial charge in [-0.2, -0.15) is 0 Å². The molecular weight excluding hydrogens is 404 g/mol. The molecule has 2 aromatic carbocycles. The second-order valence-corrected chi connectivity index (χ2v) is 8.49. The minimum Gasteiger partial charge on any atom is -0.462 e. The van der Waals surface area contributed by atoms with E-state index in [0.717, 1.165) is 24.0 Å². The summed E-state index contributed by atoms with van der Waals surface area (Å²) in [4.78, 5) is 23.4. The third-order valence-electron chi connectivity index (χ3n) is 5.11. The molecule has 170 valence electrons. The van der Waals surface area contributed by atoms with Crippen LogP contribution in [-0.2, 0) is 25.5 Å². The van der Waals surface area contributed by atoms with Crippen molar-refractivity contribution in [3.63, 3.8) is 0 Å². The number of esters is 2. The Kier molecular flexibility index (Phi) is 8.97. The average molecular weight is 437 g/mol. The van der Waals surface area contributed by atoms with Crippen molar-refractivity contribution >= 4 is 11.9 Å². The first-order valence-corrected chi connectivity index (χ1v) is 10.5. The molecule has 0 fully saturated rings. The minimum atomic E-state index is -0.433. The normalized spacial score (nSPS) is 12.5. The van der Waals surface area contributed by atoms with E-state index < -0.39 is 5.97 Å². The molecule has 0 amide bonds. The highest BCUT2D eigenvalue weighted by Gasteiger charge is 2.26. The van der Waals surface area contributed by atoms with E-state index in [1.54, 1.807) is 33.1 Å². The van der Waals surface area contributed by atoms with Crippen LogP contribution in [0.15, 0.2) is 72.8 Å². The van der Waals surface area contributed by atoms with E-state index in [2.05, 4.69) is 44.3 Å². The van der Waals surface area contributed by atoms with Crippen LogP contribution in [-0.4, -0.2) is 32.3 Å². The summed E-state index contributed by atoms with van der Waals surface area (Å²) in [5.41, 5.74) is 3.76. The first kappa shape index (κ1) is 25.1. The van der Waals surface area contributed by atoms with E-state index in [4.69, 9.17) is 14.2 Å². The van der Waals surface area contributed by atoms with Gasteiger partial charge >= 0.3 is 11.9 Å². The largest absolute Gasteiger partial charge is 0.462 e. The lowest BCUT2D eigenvalue weighted by molar-refractivity contribution is -0.143. The molecule has 1 unspecified atom stereocenters. The molecule has 0 bridgehead atoms. The van der Waals surface area contributed by atoms with Crippen molar-refractivity contribution in [3.8, 4) is 16.9 Å². The maximum absolute atomic E-state index is 11.8. The molecule has 5 nitrogen and oxygen atoms in total. The number of methoxy groups -OCH3 is 1. The van der Waals surface area contributed by atoms with Gasteiger partial charge in [-0.15, -0.1) is 0 Å². The van der Waals surface area contributed by atoms with E-state index in [-0.39, 0.29) is 18.0 Å². The number of carbonyl (C=O) groups excluding carboxylic acids is 2. The maximum Gasteiger partial charge on any atom is 0.338 e. The Bertz CT molecular complexity index is 957. The highest BCUT2D eigenvalue weighted by Crippen LogP contribution is 2.27. The molecule has 0 heterocycles. The number of hydrogen-bond donors (Lipinski definition) is 0. The van der Waals surface area contributed by atoms with Gasteiger partial charge in [0.1, 0.15) is 5.75 Å². The van der Waals surface area contributed by atoms with Gasteiger partial charge in [0.2, 0.25) is 0 Å². The van der Waals surface area contributed by atoms with Crippen molar-refractivity contribution in [2.75, 3.05) is 20.3 Å². The fourth-order valence-electron chi connectivity index (χ4n) is 3.12. The molecule has 0 aromatic heterocycles. The number of aryl methyl sites for hydroxylation is 1. The summed E-state index contributed by atoms with van der Waals surface area (Å²) in [5.74, 6) is -0.322. The summed E-state index contributed by atoms with van der Waals surface area (Å²) in [7, 11) is 1.65. The van der Waals surface area contributed by atoms with Crippen LogP contribution in [0.4, 0.5) is 0 Å². The van der Waals surface area contributed by atoms with Crippen LogP contribution in [0.5, 0.6) is 5.75 Å². The smallest absolute Gasteiger partial charge is 0.338 e. The summed E-state index contributed by atoms with van der Waals surface area (Å²) >= 11 is 0. The predicted molar refractivity (Wildman–Crippen MR) is 126 cm³/mol. The van der Waals surface area contributed by atoms with Gasteiger partial charge < -0.3 is 14.2 Å². The predicted octanol–water partition coefficient (Wildman–Crippen LogP) is 5.54. The lowest BCUT2D eigenvalue weighted by Gasteiger charge is -2.28. The Morgan fingerprint density at radius 1 is 0.844 bits per heavy atom. The van der Waals surface area contributed by atoms with E-state index in [1.165, 1.54) is 5.56 Å². The van der Waals surface area contributed by atoms with Gasteiger partial charge in [0.05, 0.1) is 13.2 Å². The molecule has 2 aromatic rings. The van der Waals surface area contributed by atoms with Gasteiger partial charge in [-0.05, 0) is 55.5 Å². The molecule has 0 aliphatic carbocycles. The zero-order valence-electron chi connectivity index (χ0n) is 19.4. The van der Waals surface area contributed by atoms with E-state index in [0.29, 0.717) is 23.5 Å². The fourth-order valence-corrected chi connectivity index (χ4v) is 3.12. The van der Waals surface area contributed by atoms with E-state index in [1.807, 2.05) is 12.1 Å². The third-order valence-corrected chi connectivity index (χ3v) is 5.11. The topological polar surface area (TPSA) is 61.8 Å². The molecule has 0 aliphatic rings. The molecule has 32 heavy (non-hydrogen) atoms. The highest BCUT2D eigenvalue weighted by atomic mass is 16.5. The van der Waals surface area contributed by atoms with Gasteiger partial charge in [-0.3, -0.25) is 0 Å². The second kappa shape index (κ2) is 11.4. The zero-order chi connectivity index (χ0) is 23.7. The highest BCUT2D eigenvalue weighted by molar-refractivity contribution is 5.88. The van der Waals surface area contributed by atoms with Crippen LogP contribution >= 0.6 is 0 Å². The van der Waals surface area contributed by atoms with Gasteiger partial charge in [-0.25, -0.2) is 9.59 Å². The van der Waals surface area contributed by atoms with Crippen LogP contribution in [0.1, 0.15) is 32.8 Å². The van der Waals surface area contributed by atoms with Gasteiger partial charge in [0.25, 0.3) is 0 Å². The SMILES string of the molecule is C=C(C)C(=O)OCC(C)(CCc1ccc(-c2ccc(OC(=O)C(=C)C)cc2)cc1)COC. The van der Waals surface area contributed by atoms with Crippen LogP contribution < -0.4 is 4.74 Å². The molecule has 0 saturated heterocycles. The van der Waals surface area contributed by atoms with Crippen molar-refractivity contribution in [2.24, 2.45) is 5.41 Å². The number of hydrogen-bond acceptors (Lipinski definition) is 5. The van der Waals surface area contributed by atoms with Crippen LogP contribution in [0, 0.1) is 5.41 Å². The first-order valence-electron chi connectivity index (χ1n) is 10.5. The standard InChI is InChI=1S/C27H32O5/c1-19(2)25(28)31-18-27(5,17-30-6)16-15-21-7-9-22(10-8-21)23-11-13-24(14-12-23)32-26(29)20(3)4/h7-14H,1,3,15-18H2,2,4-6H3. The lowest BCUT2D eigenvalue weighted by atomic mass is 9.85. The van der Waals surface area contributed by atoms with Crippen molar-refractivity contribution < 1.29 is 23.8 Å². The molecular formula is C27H32O5. The third kappa shape index (κ3) is 7.50. The van der Waals surface area contributed by atoms with Crippen molar-refractivity contribution in [2.45, 2.75) is 33.6 Å². The first-order chi connectivity index (χ1) is 15.1. The Morgan fingerprint density at radius 3 is 1.88 bits per heavy atom. The Labute approximate surface area is 190 Å². The summed E-state index contributed by atoms with van der Waals surface area (Å²) in [6.07, 6.45) is 1.65. The second-order valence-electron chi connectivity index (χ2n) is 8.49. The van der Waals surface area contributed by atoms with E-state index in [9.17, 15) is 9.59 Å². The van der Waals surface area contributed by atoms with Gasteiger partial charge in [0, 0.05) is 23.7 Å². The summed E-state index contributed by atoms with van der Waals surface area (Å²) in [6.45, 7) is 13.3. The van der Waals surface area contributed by atoms with Crippen molar-refractivity contribution in [1.82, 2.24) is 0 Å². The van der Waals surface area contributed by atoms with Crippen LogP contribution in [0.25, 0.3) is 11.1 Å². The zero-order valence-corrected chi connectivity index (χ0v) is 19.4. The molecule has 0 aliphatic heterocycles. The molecule has 0 saturated carbocycles. The molecule has 0 radical (unpaired) electrons. The van der Waals surface area contributed by atoms with Crippen LogP contribution in [0.3, 0.4) is 0 Å². The summed E-state index contributed by atoms with van der Waals surface area (Å²) in [6, 6.07) is 15.7. The number of benzene rings is 2. The summed E-state index contributed by atoms with van der Waals surface area (Å²) < 4.78 is 16.0. The van der Waals surface area contributed by atoms with Crippen molar-refractivity contribution in [3.05, 3.63) is 78.4 Å². The molecule has 0 spiro atoms. The average Bonchev–Trinajstić information content (AvgIpc) is 2.77. The quantitative estimate of drug-likeness (QED) is 0.263. The fraction of sp³-hybridized carbons (Fsp3) is 0.333. The monoisotopic (exact) mass is 436 g/mol. The van der Waals surface area contributed by atoms with E-state index >= 15 is 0 Å². The lowest BCUT2D eigenvalue weighted by Crippen LogP contribution is -2.30. The molecule has 1 atom stereocenters. The van der Waals surface area contributed by atoms with Crippen molar-refractivity contribution in [1.29, 1.82) is 0 Å². The number of rotatable bonds is 11. The van der Waals surface area contributed by atoms with Gasteiger partial charge in [0.15, 0.2) is 0 Å². The Morgan fingerprint density at radius 2 is 1.38 bits per heavy atom. The molecule has 5 heteroatoms. The van der Waals surface area contributed by atoms with Crippen LogP contribution in [0.2, 0.25) is 0 Å². The number of ether oxygens (including phenoxy) is 3. The number of carbonyl (C=O) groups is 2.